The maximum atomic E-state index is 5.45. The van der Waals surface area contributed by atoms with E-state index in [1.807, 2.05) is 12.4 Å². The van der Waals surface area contributed by atoms with Crippen LogP contribution in [0.15, 0.2) is 35.1 Å². The summed E-state index contributed by atoms with van der Waals surface area (Å²) in [5.41, 5.74) is 1.32. The van der Waals surface area contributed by atoms with E-state index in [4.69, 9.17) is 4.74 Å². The molecule has 1 aromatic heterocycles. The topological polar surface area (TPSA) is 22.1 Å². The Hall–Kier alpha value is -0.930. The maximum absolute atomic E-state index is 5.45. The summed E-state index contributed by atoms with van der Waals surface area (Å²) in [7, 11) is 0. The molecule has 2 aromatic rings. The first-order chi connectivity index (χ1) is 7.84. The van der Waals surface area contributed by atoms with Crippen LogP contribution in [0, 0.1) is 0 Å². The van der Waals surface area contributed by atoms with Gasteiger partial charge in [0.05, 0.1) is 6.61 Å². The van der Waals surface area contributed by atoms with Crippen molar-refractivity contribution >= 4 is 26.7 Å². The predicted molar refractivity (Wildman–Crippen MR) is 67.6 cm³/mol. The van der Waals surface area contributed by atoms with Crippen molar-refractivity contribution < 1.29 is 4.74 Å². The van der Waals surface area contributed by atoms with Gasteiger partial charge in [-0.15, -0.1) is 0 Å². The van der Waals surface area contributed by atoms with E-state index in [1.54, 1.807) is 0 Å². The van der Waals surface area contributed by atoms with Crippen LogP contribution in [0.25, 0.3) is 10.8 Å². The van der Waals surface area contributed by atoms with Crippen LogP contribution < -0.4 is 0 Å². The fourth-order valence-corrected chi connectivity index (χ4v) is 2.62. The number of benzene rings is 1. The van der Waals surface area contributed by atoms with Crippen LogP contribution in [0.3, 0.4) is 0 Å². The van der Waals surface area contributed by atoms with Gasteiger partial charge in [-0.3, -0.25) is 4.98 Å². The second-order valence-corrected chi connectivity index (χ2v) is 5.07. The highest BCUT2D eigenvalue weighted by molar-refractivity contribution is 9.10. The van der Waals surface area contributed by atoms with Crippen molar-refractivity contribution in [2.24, 2.45) is 0 Å². The van der Waals surface area contributed by atoms with Crippen LogP contribution in [-0.2, 0) is 4.74 Å². The molecule has 3 heteroatoms. The summed E-state index contributed by atoms with van der Waals surface area (Å²) in [4.78, 5) is 4.32. The summed E-state index contributed by atoms with van der Waals surface area (Å²) in [6.07, 6.45) is 5.00. The normalized spacial score (nSPS) is 20.4. The Labute approximate surface area is 103 Å². The molecule has 2 heterocycles. The van der Waals surface area contributed by atoms with Crippen LogP contribution in [-0.4, -0.2) is 18.2 Å². The van der Waals surface area contributed by atoms with Crippen molar-refractivity contribution in [1.82, 2.24) is 4.98 Å². The quantitative estimate of drug-likeness (QED) is 0.796. The molecule has 16 heavy (non-hydrogen) atoms. The largest absolute Gasteiger partial charge is 0.381 e. The lowest BCUT2D eigenvalue weighted by molar-refractivity contribution is 0.194. The zero-order valence-corrected chi connectivity index (χ0v) is 10.4. The van der Waals surface area contributed by atoms with Gasteiger partial charge in [0.2, 0.25) is 0 Å². The van der Waals surface area contributed by atoms with E-state index < -0.39 is 0 Å². The highest BCUT2D eigenvalue weighted by atomic mass is 79.9. The summed E-state index contributed by atoms with van der Waals surface area (Å²) in [5.74, 6) is 0.505. The van der Waals surface area contributed by atoms with Crippen molar-refractivity contribution in [3.8, 4) is 0 Å². The first-order valence-corrected chi connectivity index (χ1v) is 6.25. The molecule has 1 saturated heterocycles. The molecule has 1 aliphatic heterocycles. The van der Waals surface area contributed by atoms with Crippen molar-refractivity contribution in [2.45, 2.75) is 12.3 Å². The first-order valence-electron chi connectivity index (χ1n) is 5.45. The monoisotopic (exact) mass is 277 g/mol. The Morgan fingerprint density at radius 2 is 2.25 bits per heavy atom. The lowest BCUT2D eigenvalue weighted by atomic mass is 9.95. The molecule has 3 rings (SSSR count). The lowest BCUT2D eigenvalue weighted by Gasteiger charge is -2.11. The summed E-state index contributed by atoms with van der Waals surface area (Å²) >= 11 is 3.52. The number of halogens is 1. The van der Waals surface area contributed by atoms with Crippen molar-refractivity contribution in [1.29, 1.82) is 0 Å². The van der Waals surface area contributed by atoms with E-state index in [-0.39, 0.29) is 0 Å². The van der Waals surface area contributed by atoms with E-state index in [0.717, 1.165) is 24.1 Å². The molecule has 1 atom stereocenters. The molecule has 0 spiro atoms. The molecule has 0 saturated carbocycles. The fourth-order valence-electron chi connectivity index (χ4n) is 2.26. The Kier molecular flexibility index (Phi) is 2.65. The van der Waals surface area contributed by atoms with Gasteiger partial charge >= 0.3 is 0 Å². The first kappa shape index (κ1) is 10.2. The zero-order chi connectivity index (χ0) is 11.0. The minimum Gasteiger partial charge on any atom is -0.381 e. The molecular weight excluding hydrogens is 266 g/mol. The van der Waals surface area contributed by atoms with E-state index in [0.29, 0.717) is 5.92 Å². The minimum atomic E-state index is 0.505. The van der Waals surface area contributed by atoms with E-state index in [2.05, 4.69) is 39.1 Å². The van der Waals surface area contributed by atoms with Gasteiger partial charge in [-0.2, -0.15) is 0 Å². The number of hydrogen-bond donors (Lipinski definition) is 0. The summed E-state index contributed by atoms with van der Waals surface area (Å²) < 4.78 is 6.57. The van der Waals surface area contributed by atoms with Crippen molar-refractivity contribution in [3.63, 3.8) is 0 Å². The molecule has 1 unspecified atom stereocenters. The van der Waals surface area contributed by atoms with Crippen LogP contribution in [0.2, 0.25) is 0 Å². The summed E-state index contributed by atoms with van der Waals surface area (Å²) in [6.45, 7) is 1.70. The predicted octanol–water partition coefficient (Wildman–Crippen LogP) is 3.50. The molecule has 1 fully saturated rings. The number of pyridine rings is 1. The van der Waals surface area contributed by atoms with Crippen LogP contribution >= 0.6 is 15.9 Å². The molecule has 0 N–H and O–H groups in total. The smallest absolute Gasteiger partial charge is 0.0536 e. The SMILES string of the molecule is Brc1ccc2cncc(C3CCOC3)c2c1. The third-order valence-corrected chi connectivity index (χ3v) is 3.62. The third kappa shape index (κ3) is 1.74. The van der Waals surface area contributed by atoms with Gasteiger partial charge in [-0.05, 0) is 29.5 Å². The summed E-state index contributed by atoms with van der Waals surface area (Å²) in [6, 6.07) is 6.33. The Morgan fingerprint density at radius 1 is 1.31 bits per heavy atom. The number of rotatable bonds is 1. The third-order valence-electron chi connectivity index (χ3n) is 3.12. The molecular formula is C13H12BrNO. The number of fused-ring (bicyclic) bond motifs is 1. The Balaban J connectivity index is 2.18. The number of aromatic nitrogens is 1. The lowest BCUT2D eigenvalue weighted by Crippen LogP contribution is -1.99. The minimum absolute atomic E-state index is 0.505. The average molecular weight is 278 g/mol. The highest BCUT2D eigenvalue weighted by Gasteiger charge is 2.20. The van der Waals surface area contributed by atoms with E-state index in [1.165, 1.54) is 16.3 Å². The van der Waals surface area contributed by atoms with Gasteiger partial charge in [0.1, 0.15) is 0 Å². The van der Waals surface area contributed by atoms with E-state index in [9.17, 15) is 0 Å². The molecule has 1 aliphatic rings. The van der Waals surface area contributed by atoms with Crippen LogP contribution in [0.5, 0.6) is 0 Å². The average Bonchev–Trinajstić information content (AvgIpc) is 2.81. The van der Waals surface area contributed by atoms with Gasteiger partial charge in [0.25, 0.3) is 0 Å². The zero-order valence-electron chi connectivity index (χ0n) is 8.82. The Bertz CT molecular complexity index is 520. The molecule has 0 bridgehead atoms. The number of ether oxygens (including phenoxy) is 1. The van der Waals surface area contributed by atoms with Gasteiger partial charge < -0.3 is 4.74 Å². The molecule has 0 aliphatic carbocycles. The van der Waals surface area contributed by atoms with Gasteiger partial charge in [0.15, 0.2) is 0 Å². The van der Waals surface area contributed by atoms with Gasteiger partial charge in [-0.25, -0.2) is 0 Å². The van der Waals surface area contributed by atoms with Crippen molar-refractivity contribution in [2.75, 3.05) is 13.2 Å². The van der Waals surface area contributed by atoms with Gasteiger partial charge in [-0.1, -0.05) is 22.0 Å². The van der Waals surface area contributed by atoms with Crippen LogP contribution in [0.4, 0.5) is 0 Å². The molecule has 0 radical (unpaired) electrons. The number of hydrogen-bond acceptors (Lipinski definition) is 2. The van der Waals surface area contributed by atoms with Crippen LogP contribution in [0.1, 0.15) is 17.9 Å². The summed E-state index contributed by atoms with van der Waals surface area (Å²) in [5, 5.41) is 2.49. The molecule has 2 nitrogen and oxygen atoms in total. The molecule has 0 amide bonds. The molecule has 82 valence electrons. The Morgan fingerprint density at radius 3 is 3.06 bits per heavy atom. The van der Waals surface area contributed by atoms with E-state index >= 15 is 0 Å². The number of nitrogens with zero attached hydrogens (tertiary/aromatic N) is 1. The second kappa shape index (κ2) is 4.15. The van der Waals surface area contributed by atoms with Gasteiger partial charge in [0, 0.05) is 34.8 Å². The second-order valence-electron chi connectivity index (χ2n) is 4.15. The fraction of sp³-hybridized carbons (Fsp3) is 0.308. The highest BCUT2D eigenvalue weighted by Crippen LogP contribution is 2.31. The molecule has 1 aromatic carbocycles. The maximum Gasteiger partial charge on any atom is 0.0536 e. The van der Waals surface area contributed by atoms with Crippen molar-refractivity contribution in [3.05, 3.63) is 40.6 Å². The standard InChI is InChI=1S/C13H12BrNO/c14-11-2-1-9-6-15-7-13(12(9)5-11)10-3-4-16-8-10/h1-2,5-7,10H,3-4,8H2.